The van der Waals surface area contributed by atoms with E-state index < -0.39 is 48.1 Å². The fourth-order valence-electron chi connectivity index (χ4n) is 5.54. The second-order valence-electron chi connectivity index (χ2n) is 9.72. The number of hydrogen-bond donors (Lipinski definition) is 1. The fourth-order valence-corrected chi connectivity index (χ4v) is 5.54. The third-order valence-electron chi connectivity index (χ3n) is 7.26. The van der Waals surface area contributed by atoms with Crippen LogP contribution in [-0.4, -0.2) is 77.5 Å². The normalized spacial score (nSPS) is 37.4. The molecule has 1 unspecified atom stereocenters. The molecule has 4 aliphatic rings. The van der Waals surface area contributed by atoms with Crippen LogP contribution in [0.2, 0.25) is 0 Å². The molecule has 4 aliphatic heterocycles. The molecular formula is C25H33N3O6. The molecule has 0 aromatic rings. The van der Waals surface area contributed by atoms with Crippen LogP contribution < -0.4 is 5.73 Å². The van der Waals surface area contributed by atoms with Gasteiger partial charge in [-0.15, -0.1) is 13.2 Å². The van der Waals surface area contributed by atoms with Crippen LogP contribution in [0, 0.1) is 29.6 Å². The van der Waals surface area contributed by atoms with Crippen molar-refractivity contribution in [1.29, 1.82) is 0 Å². The summed E-state index contributed by atoms with van der Waals surface area (Å²) in [6.07, 6.45) is 4.67. The van der Waals surface area contributed by atoms with Gasteiger partial charge in [0.2, 0.25) is 23.6 Å². The predicted octanol–water partition coefficient (Wildman–Crippen LogP) is 0.657. The van der Waals surface area contributed by atoms with Gasteiger partial charge in [-0.2, -0.15) is 0 Å². The molecule has 184 valence electrons. The highest BCUT2D eigenvalue weighted by atomic mass is 16.5. The van der Waals surface area contributed by atoms with Gasteiger partial charge in [-0.3, -0.25) is 29.0 Å². The van der Waals surface area contributed by atoms with Crippen LogP contribution >= 0.6 is 0 Å². The molecule has 0 bridgehead atoms. The van der Waals surface area contributed by atoms with E-state index in [9.17, 15) is 19.2 Å². The lowest BCUT2D eigenvalue weighted by atomic mass is 9.87. The van der Waals surface area contributed by atoms with Crippen molar-refractivity contribution < 1.29 is 28.7 Å². The Labute approximate surface area is 199 Å². The largest absolute Gasteiger partial charge is 0.365 e. The number of hydrogen-bond acceptors (Lipinski definition) is 7. The van der Waals surface area contributed by atoms with Crippen molar-refractivity contribution in [1.82, 2.24) is 9.80 Å². The molecular weight excluding hydrogens is 438 g/mol. The van der Waals surface area contributed by atoms with Crippen molar-refractivity contribution in [3.63, 3.8) is 0 Å². The molecule has 0 aromatic carbocycles. The van der Waals surface area contributed by atoms with E-state index in [-0.39, 0.29) is 36.7 Å². The third kappa shape index (κ3) is 3.85. The van der Waals surface area contributed by atoms with Crippen molar-refractivity contribution >= 4 is 23.6 Å². The zero-order valence-corrected chi connectivity index (χ0v) is 19.7. The minimum atomic E-state index is -0.686. The zero-order chi connectivity index (χ0) is 24.7. The molecule has 4 saturated heterocycles. The van der Waals surface area contributed by atoms with E-state index in [1.165, 1.54) is 15.9 Å². The number of likely N-dealkylation sites (tertiary alicyclic amines) is 2. The van der Waals surface area contributed by atoms with E-state index in [0.717, 1.165) is 6.42 Å². The van der Waals surface area contributed by atoms with Gasteiger partial charge in [-0.1, -0.05) is 38.2 Å². The molecule has 4 amide bonds. The summed E-state index contributed by atoms with van der Waals surface area (Å²) in [6, 6.07) is 0. The van der Waals surface area contributed by atoms with Gasteiger partial charge >= 0.3 is 0 Å². The second-order valence-corrected chi connectivity index (χ2v) is 9.72. The van der Waals surface area contributed by atoms with Gasteiger partial charge < -0.3 is 15.2 Å². The summed E-state index contributed by atoms with van der Waals surface area (Å²) in [6.45, 7) is 12.3. The maximum atomic E-state index is 13.2. The second kappa shape index (κ2) is 9.56. The highest BCUT2D eigenvalue weighted by Crippen LogP contribution is 2.44. The number of amides is 4. The molecule has 0 saturated carbocycles. The number of nitrogens with zero attached hydrogens (tertiary/aromatic N) is 2. The molecule has 0 radical (unpaired) electrons. The molecule has 4 heterocycles. The summed E-state index contributed by atoms with van der Waals surface area (Å²) >= 11 is 0. The van der Waals surface area contributed by atoms with Gasteiger partial charge in [0.1, 0.15) is 0 Å². The van der Waals surface area contributed by atoms with Gasteiger partial charge in [0.15, 0.2) is 0 Å². The SMILES string of the molecule is C=C[C@@H]1O[C@H](/C=C\C2O[C@H](C=C)[C@H]3C(=O)N(CCC(C)C)C(=O)[C@@H]23)[C@H]2C(=O)N(CCN)C(=O)[C@H]21. The van der Waals surface area contributed by atoms with Crippen molar-refractivity contribution in [2.45, 2.75) is 44.7 Å². The quantitative estimate of drug-likeness (QED) is 0.387. The molecule has 0 aromatic heterocycles. The maximum absolute atomic E-state index is 13.2. The average molecular weight is 472 g/mol. The highest BCUT2D eigenvalue weighted by Gasteiger charge is 2.60. The van der Waals surface area contributed by atoms with Crippen molar-refractivity contribution in [3.8, 4) is 0 Å². The summed E-state index contributed by atoms with van der Waals surface area (Å²) in [4.78, 5) is 54.5. The molecule has 0 spiro atoms. The Morgan fingerprint density at radius 1 is 0.765 bits per heavy atom. The smallest absolute Gasteiger partial charge is 0.236 e. The number of carbonyl (C=O) groups is 4. The Morgan fingerprint density at radius 2 is 1.15 bits per heavy atom. The van der Waals surface area contributed by atoms with Crippen LogP contribution in [0.3, 0.4) is 0 Å². The molecule has 0 aliphatic carbocycles. The first-order valence-electron chi connectivity index (χ1n) is 11.9. The van der Waals surface area contributed by atoms with Crippen LogP contribution in [0.25, 0.3) is 0 Å². The molecule has 4 rings (SSSR count). The topological polar surface area (TPSA) is 119 Å². The summed E-state index contributed by atoms with van der Waals surface area (Å²) < 4.78 is 12.0. The standard InChI is InChI=1S/C25H33N3O6/c1-5-14-18-20(24(31)27(22(18)29)11-9-13(3)4)16(33-14)7-8-17-21-19(15(6-2)34-17)23(30)28(12-10-26)25(21)32/h5-8,13-21H,1-2,9-12,26H2,3-4H3/b8-7-/t14-,15+,16?,17-,18-,19+,20+,21-/m1/s1. The number of nitrogens with two attached hydrogens (primary N) is 1. The van der Waals surface area contributed by atoms with E-state index >= 15 is 0 Å². The Kier molecular flexibility index (Phi) is 6.89. The van der Waals surface area contributed by atoms with Crippen molar-refractivity contribution in [2.75, 3.05) is 19.6 Å². The van der Waals surface area contributed by atoms with Crippen LogP contribution in [-0.2, 0) is 28.7 Å². The molecule has 2 N–H and O–H groups in total. The van der Waals surface area contributed by atoms with Gasteiger partial charge in [0.25, 0.3) is 0 Å². The maximum Gasteiger partial charge on any atom is 0.236 e. The number of imide groups is 2. The van der Waals surface area contributed by atoms with E-state index in [2.05, 4.69) is 13.2 Å². The molecule has 8 atom stereocenters. The lowest BCUT2D eigenvalue weighted by molar-refractivity contribution is -0.144. The summed E-state index contributed by atoms with van der Waals surface area (Å²) in [5, 5.41) is 0. The Morgan fingerprint density at radius 3 is 1.50 bits per heavy atom. The summed E-state index contributed by atoms with van der Waals surface area (Å²) in [5.74, 6) is -3.33. The molecule has 4 fully saturated rings. The molecule has 9 heteroatoms. The van der Waals surface area contributed by atoms with E-state index in [4.69, 9.17) is 15.2 Å². The van der Waals surface area contributed by atoms with Crippen molar-refractivity contribution in [3.05, 3.63) is 37.5 Å². The average Bonchev–Trinajstić information content (AvgIpc) is 3.49. The molecule has 9 nitrogen and oxygen atoms in total. The monoisotopic (exact) mass is 471 g/mol. The lowest BCUT2D eigenvalue weighted by Crippen LogP contribution is -2.38. The zero-order valence-electron chi connectivity index (χ0n) is 19.7. The first-order valence-corrected chi connectivity index (χ1v) is 11.9. The predicted molar refractivity (Wildman–Crippen MR) is 123 cm³/mol. The minimum absolute atomic E-state index is 0.157. The van der Waals surface area contributed by atoms with Crippen LogP contribution in [0.15, 0.2) is 37.5 Å². The summed E-state index contributed by atoms with van der Waals surface area (Å²) in [7, 11) is 0. The van der Waals surface area contributed by atoms with Gasteiger partial charge in [-0.25, -0.2) is 0 Å². The number of carbonyl (C=O) groups excluding carboxylic acids is 4. The van der Waals surface area contributed by atoms with Gasteiger partial charge in [0, 0.05) is 19.6 Å². The highest BCUT2D eigenvalue weighted by molar-refractivity contribution is 6.07. The minimum Gasteiger partial charge on any atom is -0.365 e. The van der Waals surface area contributed by atoms with Crippen LogP contribution in [0.4, 0.5) is 0 Å². The fraction of sp³-hybridized carbons (Fsp3) is 0.600. The first-order chi connectivity index (χ1) is 16.2. The first kappa shape index (κ1) is 24.5. The Bertz CT molecular complexity index is 930. The van der Waals surface area contributed by atoms with Crippen LogP contribution in [0.1, 0.15) is 20.3 Å². The van der Waals surface area contributed by atoms with E-state index in [1.807, 2.05) is 13.8 Å². The number of rotatable bonds is 9. The Hall–Kier alpha value is -2.62. The van der Waals surface area contributed by atoms with Crippen molar-refractivity contribution in [2.24, 2.45) is 35.3 Å². The molecule has 34 heavy (non-hydrogen) atoms. The lowest BCUT2D eigenvalue weighted by Gasteiger charge is -2.21. The third-order valence-corrected chi connectivity index (χ3v) is 7.26. The van der Waals surface area contributed by atoms with Crippen LogP contribution in [0.5, 0.6) is 0 Å². The number of fused-ring (bicyclic) bond motifs is 2. The van der Waals surface area contributed by atoms with Gasteiger partial charge in [-0.05, 0) is 12.3 Å². The number of ether oxygens (including phenoxy) is 2. The van der Waals surface area contributed by atoms with E-state index in [1.54, 1.807) is 18.2 Å². The van der Waals surface area contributed by atoms with Gasteiger partial charge in [0.05, 0.1) is 48.1 Å². The Balaban J connectivity index is 1.55. The van der Waals surface area contributed by atoms with E-state index in [0.29, 0.717) is 12.5 Å². The summed E-state index contributed by atoms with van der Waals surface area (Å²) in [5.41, 5.74) is 5.58.